The zero-order valence-electron chi connectivity index (χ0n) is 28.8. The summed E-state index contributed by atoms with van der Waals surface area (Å²) in [6.45, 7) is 9.23. The van der Waals surface area contributed by atoms with Gasteiger partial charge < -0.3 is 0 Å². The first kappa shape index (κ1) is 34.6. The lowest BCUT2D eigenvalue weighted by Gasteiger charge is -2.12. The second-order valence-electron chi connectivity index (χ2n) is 13.3. The summed E-state index contributed by atoms with van der Waals surface area (Å²) in [5.41, 5.74) is 11.6. The molecule has 2 unspecified atom stereocenters. The van der Waals surface area contributed by atoms with Gasteiger partial charge in [-0.15, -0.1) is 34.0 Å². The number of thiophene rings is 3. The van der Waals surface area contributed by atoms with E-state index in [0.29, 0.717) is 0 Å². The minimum absolute atomic E-state index is 0.763. The monoisotopic (exact) mass is 740 g/mol. The van der Waals surface area contributed by atoms with E-state index in [-0.39, 0.29) is 0 Å². The van der Waals surface area contributed by atoms with E-state index in [9.17, 15) is 0 Å². The second kappa shape index (κ2) is 16.0. The number of rotatable bonds is 16. The summed E-state index contributed by atoms with van der Waals surface area (Å²) < 4.78 is 19.2. The van der Waals surface area contributed by atoms with Crippen molar-refractivity contribution >= 4 is 79.5 Å². The Morgan fingerprint density at radius 2 is 0.898 bits per heavy atom. The van der Waals surface area contributed by atoms with E-state index in [0.717, 1.165) is 57.9 Å². The topological polar surface area (TPSA) is 51.6 Å². The van der Waals surface area contributed by atoms with Crippen molar-refractivity contribution in [2.24, 2.45) is 11.8 Å². The number of hydrogen-bond donors (Lipinski definition) is 0. The Kier molecular flexibility index (Phi) is 11.3. The third-order valence-corrected chi connectivity index (χ3v) is 14.2. The zero-order valence-corrected chi connectivity index (χ0v) is 32.9. The van der Waals surface area contributed by atoms with Crippen LogP contribution in [0.5, 0.6) is 0 Å². The normalized spacial score (nSPS) is 13.1. The van der Waals surface area contributed by atoms with Gasteiger partial charge in [-0.05, 0) is 70.8 Å². The molecule has 0 aliphatic rings. The maximum absolute atomic E-state index is 4.81. The maximum Gasteiger partial charge on any atom is 0.114 e. The minimum atomic E-state index is 0.763. The third kappa shape index (κ3) is 7.47. The third-order valence-electron chi connectivity index (χ3n) is 9.94. The van der Waals surface area contributed by atoms with Crippen LogP contribution < -0.4 is 0 Å². The molecule has 0 saturated heterocycles. The molecular weight excluding hydrogens is 697 g/mol. The molecule has 7 aromatic rings. The summed E-state index contributed by atoms with van der Waals surface area (Å²) in [7, 11) is 0. The van der Waals surface area contributed by atoms with Gasteiger partial charge in [0, 0.05) is 41.8 Å². The van der Waals surface area contributed by atoms with Gasteiger partial charge in [0.15, 0.2) is 0 Å². The predicted octanol–water partition coefficient (Wildman–Crippen LogP) is 14.1. The molecule has 0 spiro atoms. The van der Waals surface area contributed by atoms with E-state index in [1.54, 1.807) is 11.3 Å². The van der Waals surface area contributed by atoms with Crippen molar-refractivity contribution in [3.8, 4) is 41.8 Å². The maximum atomic E-state index is 4.81. The first-order valence-corrected chi connectivity index (χ1v) is 21.9. The second-order valence-corrected chi connectivity index (χ2v) is 17.3. The van der Waals surface area contributed by atoms with Crippen LogP contribution in [0, 0.1) is 11.8 Å². The summed E-state index contributed by atoms with van der Waals surface area (Å²) in [5, 5.41) is 4.70. The zero-order chi connectivity index (χ0) is 33.7. The highest BCUT2D eigenvalue weighted by Gasteiger charge is 2.20. The minimum Gasteiger partial charge on any atom is -0.172 e. The number of unbranched alkanes of at least 4 members (excludes halogenated alkanes) is 2. The van der Waals surface area contributed by atoms with Crippen molar-refractivity contribution in [2.75, 3.05) is 0 Å². The molecule has 2 aromatic carbocycles. The van der Waals surface area contributed by atoms with Crippen molar-refractivity contribution in [1.29, 1.82) is 0 Å². The van der Waals surface area contributed by atoms with E-state index in [4.69, 9.17) is 17.5 Å². The Labute approximate surface area is 311 Å². The standard InChI is InChI=1S/C40H44N4S5/c1-5-9-11-25(7-3)19-27-21-35(45-23-27)31-15-13-29(37-39(31)43-48-41-37)33-17-18-34(47-33)30-14-16-32(40-38(30)42-49-44-40)36-22-28(24-46-36)20-26(8-4)12-10-6-2/h13-18,21-26H,5-12,19-20H2,1-4H3. The van der Waals surface area contributed by atoms with Crippen molar-refractivity contribution < 1.29 is 0 Å². The van der Waals surface area contributed by atoms with E-state index >= 15 is 0 Å². The SMILES string of the molecule is CCCCC(CC)Cc1csc(-c2ccc(-c3ccc(-c4ccc(-c5cc(CC(CC)CCCC)cs5)c5nsnc45)s3)c3nsnc23)c1. The average Bonchev–Trinajstić information content (AvgIpc) is 3.98. The van der Waals surface area contributed by atoms with Crippen molar-refractivity contribution in [2.45, 2.75) is 91.9 Å². The fraction of sp³-hybridized carbons (Fsp3) is 0.400. The summed E-state index contributed by atoms with van der Waals surface area (Å²) in [5.74, 6) is 1.53. The van der Waals surface area contributed by atoms with Crippen LogP contribution in [0.4, 0.5) is 0 Å². The smallest absolute Gasteiger partial charge is 0.114 e. The van der Waals surface area contributed by atoms with Gasteiger partial charge in [-0.2, -0.15) is 17.5 Å². The molecule has 7 rings (SSSR count). The van der Waals surface area contributed by atoms with Gasteiger partial charge in [-0.1, -0.05) is 103 Å². The van der Waals surface area contributed by atoms with Gasteiger partial charge in [-0.3, -0.25) is 0 Å². The Morgan fingerprint density at radius 3 is 1.27 bits per heavy atom. The number of nitrogens with zero attached hydrogens (tertiary/aromatic N) is 4. The van der Waals surface area contributed by atoms with Crippen LogP contribution in [-0.4, -0.2) is 17.5 Å². The van der Waals surface area contributed by atoms with Gasteiger partial charge in [0.05, 0.1) is 23.5 Å². The summed E-state index contributed by atoms with van der Waals surface area (Å²) in [6, 6.07) is 18.2. The Morgan fingerprint density at radius 1 is 0.510 bits per heavy atom. The Balaban J connectivity index is 1.14. The molecule has 5 aromatic heterocycles. The summed E-state index contributed by atoms with van der Waals surface area (Å²) >= 11 is 8.09. The molecule has 0 radical (unpaired) electrons. The van der Waals surface area contributed by atoms with Crippen molar-refractivity contribution in [3.63, 3.8) is 0 Å². The Bertz CT molecular complexity index is 1980. The van der Waals surface area contributed by atoms with Crippen LogP contribution in [0.15, 0.2) is 59.3 Å². The van der Waals surface area contributed by atoms with Crippen LogP contribution in [0.25, 0.3) is 63.8 Å². The molecule has 49 heavy (non-hydrogen) atoms. The van der Waals surface area contributed by atoms with Crippen LogP contribution in [0.1, 0.15) is 90.2 Å². The number of aromatic nitrogens is 4. The molecule has 0 bridgehead atoms. The predicted molar refractivity (Wildman–Crippen MR) is 218 cm³/mol. The molecule has 4 nitrogen and oxygen atoms in total. The number of benzene rings is 2. The van der Waals surface area contributed by atoms with Crippen molar-refractivity contribution in [1.82, 2.24) is 17.5 Å². The highest BCUT2D eigenvalue weighted by Crippen LogP contribution is 2.44. The van der Waals surface area contributed by atoms with Crippen LogP contribution in [-0.2, 0) is 12.8 Å². The lowest BCUT2D eigenvalue weighted by molar-refractivity contribution is 0.449. The van der Waals surface area contributed by atoms with Gasteiger partial charge in [0.1, 0.15) is 22.1 Å². The molecule has 9 heteroatoms. The molecule has 0 saturated carbocycles. The Hall–Kier alpha value is -2.82. The first-order chi connectivity index (χ1) is 24.1. The largest absolute Gasteiger partial charge is 0.172 e. The quantitative estimate of drug-likeness (QED) is 0.0990. The fourth-order valence-electron chi connectivity index (χ4n) is 6.96. The van der Waals surface area contributed by atoms with Crippen LogP contribution >= 0.6 is 57.5 Å². The molecule has 0 aliphatic heterocycles. The van der Waals surface area contributed by atoms with E-state index in [1.807, 2.05) is 22.7 Å². The molecule has 254 valence electrons. The molecule has 5 heterocycles. The van der Waals surface area contributed by atoms with Gasteiger partial charge in [0.25, 0.3) is 0 Å². The highest BCUT2D eigenvalue weighted by atomic mass is 32.1. The molecule has 0 aliphatic carbocycles. The van der Waals surface area contributed by atoms with Crippen LogP contribution in [0.3, 0.4) is 0 Å². The van der Waals surface area contributed by atoms with Gasteiger partial charge >= 0.3 is 0 Å². The molecular formula is C40H44N4S5. The lowest BCUT2D eigenvalue weighted by atomic mass is 9.93. The van der Waals surface area contributed by atoms with Crippen molar-refractivity contribution in [3.05, 3.63) is 70.4 Å². The highest BCUT2D eigenvalue weighted by molar-refractivity contribution is 7.19. The average molecular weight is 741 g/mol. The summed E-state index contributed by atoms with van der Waals surface area (Å²) in [6.07, 6.45) is 12.6. The van der Waals surface area contributed by atoms with Crippen LogP contribution in [0.2, 0.25) is 0 Å². The van der Waals surface area contributed by atoms with Gasteiger partial charge in [-0.25, -0.2) is 0 Å². The first-order valence-electron chi connectivity index (χ1n) is 17.9. The van der Waals surface area contributed by atoms with E-state index in [1.165, 1.54) is 117 Å². The molecule has 2 atom stereocenters. The van der Waals surface area contributed by atoms with E-state index < -0.39 is 0 Å². The molecule has 0 N–H and O–H groups in total. The molecule has 0 fully saturated rings. The number of fused-ring (bicyclic) bond motifs is 2. The fourth-order valence-corrected chi connectivity index (χ4v) is 11.1. The molecule has 0 amide bonds. The summed E-state index contributed by atoms with van der Waals surface area (Å²) in [4.78, 5) is 4.97. The van der Waals surface area contributed by atoms with Gasteiger partial charge in [0.2, 0.25) is 0 Å². The number of hydrogen-bond acceptors (Lipinski definition) is 9. The van der Waals surface area contributed by atoms with E-state index in [2.05, 4.69) is 87.0 Å². The lowest BCUT2D eigenvalue weighted by Crippen LogP contribution is -2.02.